The van der Waals surface area contributed by atoms with E-state index >= 15 is 0 Å². The minimum absolute atomic E-state index is 0.236. The van der Waals surface area contributed by atoms with Gasteiger partial charge >= 0.3 is 18.0 Å². The normalized spacial score (nSPS) is 11.3. The maximum absolute atomic E-state index is 12.8. The van der Waals surface area contributed by atoms with E-state index < -0.39 is 28.6 Å². The van der Waals surface area contributed by atoms with E-state index in [1.54, 1.807) is 24.3 Å². The van der Waals surface area contributed by atoms with Gasteiger partial charge in [0.05, 0.1) is 23.9 Å². The lowest BCUT2D eigenvalue weighted by Gasteiger charge is -2.11. The van der Waals surface area contributed by atoms with E-state index in [1.165, 1.54) is 13.3 Å². The molecule has 27 heavy (non-hydrogen) atoms. The second-order valence-corrected chi connectivity index (χ2v) is 5.49. The lowest BCUT2D eigenvalue weighted by Crippen LogP contribution is -2.32. The van der Waals surface area contributed by atoms with Crippen molar-refractivity contribution < 1.29 is 27.5 Å². The number of para-hydroxylation sites is 1. The van der Waals surface area contributed by atoms with Crippen LogP contribution in [0.1, 0.15) is 11.1 Å². The summed E-state index contributed by atoms with van der Waals surface area (Å²) in [6, 6.07) is 9.54. The number of hydrazone groups is 1. The quantitative estimate of drug-likeness (QED) is 0.469. The van der Waals surface area contributed by atoms with Crippen LogP contribution in [0.2, 0.25) is 5.02 Å². The fraction of sp³-hybridized carbons (Fsp3) is 0.118. The van der Waals surface area contributed by atoms with Gasteiger partial charge in [-0.3, -0.25) is 9.59 Å². The van der Waals surface area contributed by atoms with Crippen LogP contribution in [0.5, 0.6) is 5.75 Å². The molecule has 0 bridgehead atoms. The molecule has 0 aliphatic heterocycles. The van der Waals surface area contributed by atoms with Crippen LogP contribution < -0.4 is 15.5 Å². The number of anilines is 1. The minimum atomic E-state index is -4.70. The average Bonchev–Trinajstić information content (AvgIpc) is 2.62. The number of benzene rings is 2. The van der Waals surface area contributed by atoms with Crippen LogP contribution in [-0.4, -0.2) is 25.1 Å². The van der Waals surface area contributed by atoms with Crippen LogP contribution in [0.4, 0.5) is 18.9 Å². The first-order valence-electron chi connectivity index (χ1n) is 7.36. The zero-order valence-corrected chi connectivity index (χ0v) is 14.6. The van der Waals surface area contributed by atoms with E-state index in [4.69, 9.17) is 16.3 Å². The lowest BCUT2D eigenvalue weighted by molar-refractivity contribution is -0.137. The van der Waals surface area contributed by atoms with E-state index in [-0.39, 0.29) is 5.69 Å². The first kappa shape index (κ1) is 20.2. The highest BCUT2D eigenvalue weighted by Gasteiger charge is 2.33. The van der Waals surface area contributed by atoms with Crippen molar-refractivity contribution in [3.8, 4) is 5.75 Å². The Hall–Kier alpha value is -3.07. The number of carbonyl (C=O) groups is 2. The van der Waals surface area contributed by atoms with Crippen LogP contribution in [-0.2, 0) is 15.8 Å². The Morgan fingerprint density at radius 1 is 1.15 bits per heavy atom. The topological polar surface area (TPSA) is 79.8 Å². The van der Waals surface area contributed by atoms with Crippen LogP contribution in [0.25, 0.3) is 0 Å². The van der Waals surface area contributed by atoms with E-state index in [2.05, 4.69) is 5.10 Å². The molecule has 2 amide bonds. The summed E-state index contributed by atoms with van der Waals surface area (Å²) < 4.78 is 43.5. The number of alkyl halides is 3. The molecule has 2 rings (SSSR count). The third kappa shape index (κ3) is 5.45. The van der Waals surface area contributed by atoms with Gasteiger partial charge in [0.1, 0.15) is 5.75 Å². The molecule has 0 fully saturated rings. The summed E-state index contributed by atoms with van der Waals surface area (Å²) >= 11 is 5.49. The Morgan fingerprint density at radius 2 is 1.85 bits per heavy atom. The third-order valence-electron chi connectivity index (χ3n) is 3.24. The molecular formula is C17H13ClF3N3O3. The summed E-state index contributed by atoms with van der Waals surface area (Å²) in [6.45, 7) is 0. The van der Waals surface area contributed by atoms with E-state index in [0.29, 0.717) is 17.4 Å². The molecule has 0 aromatic heterocycles. The van der Waals surface area contributed by atoms with Crippen LogP contribution in [0.15, 0.2) is 47.6 Å². The Kier molecular flexibility index (Phi) is 6.40. The van der Waals surface area contributed by atoms with Crippen molar-refractivity contribution in [3.05, 3.63) is 58.6 Å². The first-order chi connectivity index (χ1) is 12.7. The zero-order valence-electron chi connectivity index (χ0n) is 13.8. The molecule has 0 atom stereocenters. The number of carbonyl (C=O) groups excluding carboxylic acids is 2. The maximum atomic E-state index is 12.8. The Balaban J connectivity index is 2.02. The number of hydrogen-bond donors (Lipinski definition) is 2. The second-order valence-electron chi connectivity index (χ2n) is 5.09. The van der Waals surface area contributed by atoms with Gasteiger partial charge in [0.2, 0.25) is 0 Å². The molecule has 2 aromatic rings. The highest BCUT2D eigenvalue weighted by molar-refractivity contribution is 6.39. The summed E-state index contributed by atoms with van der Waals surface area (Å²) in [5.41, 5.74) is 1.16. The van der Waals surface area contributed by atoms with Gasteiger partial charge in [-0.2, -0.15) is 18.3 Å². The Bertz CT molecular complexity index is 885. The number of nitrogens with one attached hydrogen (secondary N) is 2. The van der Waals surface area contributed by atoms with Gasteiger partial charge in [-0.25, -0.2) is 5.43 Å². The minimum Gasteiger partial charge on any atom is -0.496 e. The Labute approximate surface area is 157 Å². The zero-order chi connectivity index (χ0) is 20.0. The van der Waals surface area contributed by atoms with Crippen LogP contribution in [0.3, 0.4) is 0 Å². The lowest BCUT2D eigenvalue weighted by atomic mass is 10.2. The van der Waals surface area contributed by atoms with Crippen molar-refractivity contribution in [2.75, 3.05) is 12.4 Å². The highest BCUT2D eigenvalue weighted by atomic mass is 35.5. The molecule has 0 heterocycles. The van der Waals surface area contributed by atoms with E-state index in [9.17, 15) is 22.8 Å². The van der Waals surface area contributed by atoms with Crippen LogP contribution >= 0.6 is 11.6 Å². The van der Waals surface area contributed by atoms with Crippen molar-refractivity contribution in [3.63, 3.8) is 0 Å². The highest BCUT2D eigenvalue weighted by Crippen LogP contribution is 2.36. The maximum Gasteiger partial charge on any atom is 0.417 e. The summed E-state index contributed by atoms with van der Waals surface area (Å²) in [7, 11) is 1.46. The first-order valence-corrected chi connectivity index (χ1v) is 7.74. The molecule has 0 radical (unpaired) electrons. The average molecular weight is 400 g/mol. The molecule has 2 N–H and O–H groups in total. The molecule has 6 nitrogen and oxygen atoms in total. The number of halogens is 4. The Morgan fingerprint density at radius 3 is 2.52 bits per heavy atom. The number of hydrogen-bond acceptors (Lipinski definition) is 4. The standard InChI is InChI=1S/C17H13ClF3N3O3/c1-27-14-5-3-2-4-10(14)9-22-24-16(26)15(25)23-11-6-7-13(18)12(8-11)17(19,20)21/h2-9H,1H3,(H,23,25)(H,24,26)/b22-9-. The van der Waals surface area contributed by atoms with Crippen LogP contribution in [0, 0.1) is 0 Å². The van der Waals surface area contributed by atoms with Crippen molar-refractivity contribution in [1.82, 2.24) is 5.43 Å². The molecule has 10 heteroatoms. The molecular weight excluding hydrogens is 387 g/mol. The molecule has 0 spiro atoms. The van der Waals surface area contributed by atoms with Crippen molar-refractivity contribution in [1.29, 1.82) is 0 Å². The predicted molar refractivity (Wildman–Crippen MR) is 93.8 cm³/mol. The second kappa shape index (κ2) is 8.54. The van der Waals surface area contributed by atoms with E-state index in [1.807, 2.05) is 10.7 Å². The number of amides is 2. The van der Waals surface area contributed by atoms with Gasteiger partial charge in [-0.1, -0.05) is 23.7 Å². The molecule has 0 saturated carbocycles. The fourth-order valence-electron chi connectivity index (χ4n) is 1.99. The SMILES string of the molecule is COc1ccccc1/C=N\NC(=O)C(=O)Nc1ccc(Cl)c(C(F)(F)F)c1. The van der Waals surface area contributed by atoms with Crippen molar-refractivity contribution in [2.24, 2.45) is 5.10 Å². The van der Waals surface area contributed by atoms with Crippen molar-refractivity contribution in [2.45, 2.75) is 6.18 Å². The summed E-state index contributed by atoms with van der Waals surface area (Å²) in [5.74, 6) is -1.85. The fourth-order valence-corrected chi connectivity index (χ4v) is 2.22. The monoisotopic (exact) mass is 399 g/mol. The predicted octanol–water partition coefficient (Wildman–Crippen LogP) is 3.46. The molecule has 0 saturated heterocycles. The summed E-state index contributed by atoms with van der Waals surface area (Å²) in [4.78, 5) is 23.5. The number of methoxy groups -OCH3 is 1. The smallest absolute Gasteiger partial charge is 0.417 e. The summed E-state index contributed by atoms with van der Waals surface area (Å²) in [5, 5.41) is 5.14. The summed E-state index contributed by atoms with van der Waals surface area (Å²) in [6.07, 6.45) is -3.44. The molecule has 2 aromatic carbocycles. The van der Waals surface area contributed by atoms with Gasteiger partial charge in [0, 0.05) is 11.3 Å². The molecule has 0 aliphatic rings. The van der Waals surface area contributed by atoms with Gasteiger partial charge in [0.25, 0.3) is 0 Å². The third-order valence-corrected chi connectivity index (χ3v) is 3.57. The molecule has 142 valence electrons. The van der Waals surface area contributed by atoms with Gasteiger partial charge in [-0.15, -0.1) is 0 Å². The van der Waals surface area contributed by atoms with Gasteiger partial charge < -0.3 is 10.1 Å². The number of rotatable bonds is 4. The molecule has 0 unspecified atom stereocenters. The van der Waals surface area contributed by atoms with Gasteiger partial charge in [0.15, 0.2) is 0 Å². The largest absolute Gasteiger partial charge is 0.496 e. The number of nitrogens with zero attached hydrogens (tertiary/aromatic N) is 1. The number of ether oxygens (including phenoxy) is 1. The van der Waals surface area contributed by atoms with Gasteiger partial charge in [-0.05, 0) is 30.3 Å². The van der Waals surface area contributed by atoms with Crippen molar-refractivity contribution >= 4 is 35.3 Å². The van der Waals surface area contributed by atoms with E-state index in [0.717, 1.165) is 12.1 Å². The molecule has 0 aliphatic carbocycles.